The minimum atomic E-state index is -0.104. The fourth-order valence-corrected chi connectivity index (χ4v) is 2.02. The van der Waals surface area contributed by atoms with E-state index in [0.29, 0.717) is 19.8 Å². The molecule has 0 aliphatic heterocycles. The van der Waals surface area contributed by atoms with Crippen molar-refractivity contribution < 1.29 is 9.47 Å². The van der Waals surface area contributed by atoms with Gasteiger partial charge in [-0.15, -0.1) is 0 Å². The molecule has 0 amide bonds. The molecule has 1 unspecified atom stereocenters. The van der Waals surface area contributed by atoms with Crippen molar-refractivity contribution in [3.05, 3.63) is 48.0 Å². The lowest BCUT2D eigenvalue weighted by molar-refractivity contribution is 0.0637. The number of nitrogens with two attached hydrogens (primary N) is 1. The van der Waals surface area contributed by atoms with Gasteiger partial charge in [0.25, 0.3) is 0 Å². The van der Waals surface area contributed by atoms with Crippen LogP contribution in [0.2, 0.25) is 0 Å². The van der Waals surface area contributed by atoms with Gasteiger partial charge in [-0.3, -0.25) is 0 Å². The standard InChI is InChI=1S/C15H19NO2/c1-17-9-10-18-11-15(16)14-8-4-6-12-5-2-3-7-13(12)14/h2-8,15H,9-11,16H2,1H3. The molecular weight excluding hydrogens is 226 g/mol. The van der Waals surface area contributed by atoms with Crippen molar-refractivity contribution in [2.24, 2.45) is 5.73 Å². The van der Waals surface area contributed by atoms with E-state index in [-0.39, 0.29) is 6.04 Å². The summed E-state index contributed by atoms with van der Waals surface area (Å²) in [5.74, 6) is 0. The molecular formula is C15H19NO2. The number of hydrogen-bond donors (Lipinski definition) is 1. The smallest absolute Gasteiger partial charge is 0.0701 e. The van der Waals surface area contributed by atoms with Gasteiger partial charge < -0.3 is 15.2 Å². The van der Waals surface area contributed by atoms with Crippen LogP contribution in [0, 0.1) is 0 Å². The molecule has 0 aliphatic rings. The highest BCUT2D eigenvalue weighted by molar-refractivity contribution is 5.86. The predicted molar refractivity (Wildman–Crippen MR) is 73.6 cm³/mol. The van der Waals surface area contributed by atoms with Crippen LogP contribution in [-0.2, 0) is 9.47 Å². The average molecular weight is 245 g/mol. The summed E-state index contributed by atoms with van der Waals surface area (Å²) in [6.45, 7) is 1.69. The fraction of sp³-hybridized carbons (Fsp3) is 0.333. The topological polar surface area (TPSA) is 44.5 Å². The zero-order chi connectivity index (χ0) is 12.8. The first-order valence-electron chi connectivity index (χ1n) is 6.13. The van der Waals surface area contributed by atoms with Gasteiger partial charge in [-0.25, -0.2) is 0 Å². The number of fused-ring (bicyclic) bond motifs is 1. The maximum absolute atomic E-state index is 6.18. The number of rotatable bonds is 6. The Labute approximate surface area is 108 Å². The minimum Gasteiger partial charge on any atom is -0.382 e. The highest BCUT2D eigenvalue weighted by Crippen LogP contribution is 2.23. The monoisotopic (exact) mass is 245 g/mol. The summed E-state index contributed by atoms with van der Waals surface area (Å²) in [6.07, 6.45) is 0. The Morgan fingerprint density at radius 2 is 1.83 bits per heavy atom. The molecule has 0 heterocycles. The predicted octanol–water partition coefficient (Wildman–Crippen LogP) is 2.50. The summed E-state index contributed by atoms with van der Waals surface area (Å²) in [5.41, 5.74) is 7.31. The summed E-state index contributed by atoms with van der Waals surface area (Å²) in [6, 6.07) is 14.3. The van der Waals surface area contributed by atoms with E-state index in [1.165, 1.54) is 10.8 Å². The molecule has 3 nitrogen and oxygen atoms in total. The second kappa shape index (κ2) is 6.50. The molecule has 2 rings (SSSR count). The fourth-order valence-electron chi connectivity index (χ4n) is 2.02. The zero-order valence-electron chi connectivity index (χ0n) is 10.6. The van der Waals surface area contributed by atoms with E-state index in [1.54, 1.807) is 7.11 Å². The molecule has 0 aliphatic carbocycles. The molecule has 1 atom stereocenters. The highest BCUT2D eigenvalue weighted by atomic mass is 16.5. The summed E-state index contributed by atoms with van der Waals surface area (Å²) in [5, 5.41) is 2.41. The van der Waals surface area contributed by atoms with E-state index in [4.69, 9.17) is 15.2 Å². The number of benzene rings is 2. The molecule has 2 aromatic carbocycles. The van der Waals surface area contributed by atoms with Gasteiger partial charge in [-0.1, -0.05) is 42.5 Å². The summed E-state index contributed by atoms with van der Waals surface area (Å²) < 4.78 is 10.4. The highest BCUT2D eigenvalue weighted by Gasteiger charge is 2.09. The third-order valence-corrected chi connectivity index (χ3v) is 2.95. The van der Waals surface area contributed by atoms with Crippen molar-refractivity contribution in [2.45, 2.75) is 6.04 Å². The Kier molecular flexibility index (Phi) is 4.70. The van der Waals surface area contributed by atoms with Crippen LogP contribution in [0.4, 0.5) is 0 Å². The molecule has 0 aromatic heterocycles. The quantitative estimate of drug-likeness (QED) is 0.795. The Hall–Kier alpha value is -1.42. The third-order valence-electron chi connectivity index (χ3n) is 2.95. The minimum absolute atomic E-state index is 0.104. The van der Waals surface area contributed by atoms with Gasteiger partial charge in [0.2, 0.25) is 0 Å². The SMILES string of the molecule is COCCOCC(N)c1cccc2ccccc12. The van der Waals surface area contributed by atoms with Crippen LogP contribution in [0.15, 0.2) is 42.5 Å². The van der Waals surface area contributed by atoms with E-state index in [1.807, 2.05) is 18.2 Å². The summed E-state index contributed by atoms with van der Waals surface area (Å²) >= 11 is 0. The Morgan fingerprint density at radius 3 is 2.67 bits per heavy atom. The molecule has 0 saturated heterocycles. The lowest BCUT2D eigenvalue weighted by atomic mass is 10.00. The molecule has 0 radical (unpaired) electrons. The maximum atomic E-state index is 6.18. The van der Waals surface area contributed by atoms with Gasteiger partial charge in [-0.05, 0) is 16.3 Å². The first kappa shape index (κ1) is 13.0. The molecule has 18 heavy (non-hydrogen) atoms. The van der Waals surface area contributed by atoms with E-state index in [0.717, 1.165) is 5.56 Å². The normalized spacial score (nSPS) is 12.8. The van der Waals surface area contributed by atoms with Crippen molar-refractivity contribution >= 4 is 10.8 Å². The molecule has 0 saturated carbocycles. The molecule has 0 bridgehead atoms. The summed E-state index contributed by atoms with van der Waals surface area (Å²) in [7, 11) is 1.66. The maximum Gasteiger partial charge on any atom is 0.0701 e. The largest absolute Gasteiger partial charge is 0.382 e. The number of methoxy groups -OCH3 is 1. The first-order valence-corrected chi connectivity index (χ1v) is 6.13. The molecule has 0 fully saturated rings. The van der Waals surface area contributed by atoms with Gasteiger partial charge in [0.15, 0.2) is 0 Å². The van der Waals surface area contributed by atoms with Gasteiger partial charge in [0, 0.05) is 7.11 Å². The lowest BCUT2D eigenvalue weighted by Gasteiger charge is -2.15. The Balaban J connectivity index is 2.10. The Morgan fingerprint density at radius 1 is 1.06 bits per heavy atom. The van der Waals surface area contributed by atoms with E-state index in [2.05, 4.69) is 24.3 Å². The molecule has 2 N–H and O–H groups in total. The van der Waals surface area contributed by atoms with E-state index in [9.17, 15) is 0 Å². The van der Waals surface area contributed by atoms with Gasteiger partial charge in [-0.2, -0.15) is 0 Å². The van der Waals surface area contributed by atoms with Crippen LogP contribution in [-0.4, -0.2) is 26.9 Å². The number of ether oxygens (including phenoxy) is 2. The summed E-state index contributed by atoms with van der Waals surface area (Å²) in [4.78, 5) is 0. The molecule has 3 heteroatoms. The van der Waals surface area contributed by atoms with Crippen molar-refractivity contribution in [2.75, 3.05) is 26.9 Å². The van der Waals surface area contributed by atoms with Gasteiger partial charge >= 0.3 is 0 Å². The van der Waals surface area contributed by atoms with Crippen molar-refractivity contribution in [1.29, 1.82) is 0 Å². The second-order valence-corrected chi connectivity index (χ2v) is 4.24. The van der Waals surface area contributed by atoms with Crippen LogP contribution in [0.5, 0.6) is 0 Å². The average Bonchev–Trinajstić information content (AvgIpc) is 2.43. The van der Waals surface area contributed by atoms with Gasteiger partial charge in [0.1, 0.15) is 0 Å². The third kappa shape index (κ3) is 3.07. The van der Waals surface area contributed by atoms with Crippen LogP contribution in [0.1, 0.15) is 11.6 Å². The van der Waals surface area contributed by atoms with Crippen molar-refractivity contribution in [3.8, 4) is 0 Å². The van der Waals surface area contributed by atoms with Crippen LogP contribution >= 0.6 is 0 Å². The first-order chi connectivity index (χ1) is 8.83. The van der Waals surface area contributed by atoms with Crippen LogP contribution < -0.4 is 5.73 Å². The lowest BCUT2D eigenvalue weighted by Crippen LogP contribution is -2.18. The Bertz CT molecular complexity index is 493. The van der Waals surface area contributed by atoms with Crippen molar-refractivity contribution in [3.63, 3.8) is 0 Å². The number of hydrogen-bond acceptors (Lipinski definition) is 3. The molecule has 0 spiro atoms. The molecule has 2 aromatic rings. The van der Waals surface area contributed by atoms with Crippen LogP contribution in [0.3, 0.4) is 0 Å². The van der Waals surface area contributed by atoms with Gasteiger partial charge in [0.05, 0.1) is 25.9 Å². The zero-order valence-corrected chi connectivity index (χ0v) is 10.6. The molecule has 96 valence electrons. The van der Waals surface area contributed by atoms with Crippen molar-refractivity contribution in [1.82, 2.24) is 0 Å². The van der Waals surface area contributed by atoms with E-state index < -0.39 is 0 Å². The second-order valence-electron chi connectivity index (χ2n) is 4.24. The van der Waals surface area contributed by atoms with E-state index >= 15 is 0 Å². The van der Waals surface area contributed by atoms with Crippen LogP contribution in [0.25, 0.3) is 10.8 Å².